The van der Waals surface area contributed by atoms with Crippen LogP contribution in [0.5, 0.6) is 0 Å². The molecule has 0 amide bonds. The first-order chi connectivity index (χ1) is 13.5. The monoisotopic (exact) mass is 577 g/mol. The molecular weight excluding hydrogens is 557 g/mol. The van der Waals surface area contributed by atoms with Crippen LogP contribution in [0.4, 0.5) is 0 Å². The Bertz CT molecular complexity index is 1200. The molecule has 0 aliphatic carbocycles. The molecule has 0 atom stereocenters. The molecule has 0 saturated heterocycles. The standard InChI is InChI=1S/C20H19O6PS2.CH4.Li.Pd/c1-14-8-10-19(28(21,22)23)17(12-14)27(16-6-4-3-5-7-16)18-13-15(2)9-11-20(18)29(24,25)26;;;/h3-13H,1-2H3,(H,21,22,23)(H,24,25,26);1H4;;/q;;+1;/p-2. The van der Waals surface area contributed by atoms with Crippen molar-refractivity contribution in [2.45, 2.75) is 31.1 Å². The fourth-order valence-electron chi connectivity index (χ4n) is 3.01. The van der Waals surface area contributed by atoms with Gasteiger partial charge in [-0.25, -0.2) is 16.8 Å². The average Bonchev–Trinajstić information content (AvgIpc) is 2.61. The van der Waals surface area contributed by atoms with Crippen LogP contribution in [0.25, 0.3) is 0 Å². The number of rotatable bonds is 5. The second kappa shape index (κ2) is 12.0. The molecule has 32 heavy (non-hydrogen) atoms. The molecule has 0 radical (unpaired) electrons. The van der Waals surface area contributed by atoms with E-state index in [1.807, 2.05) is 0 Å². The number of hydrogen-bond acceptors (Lipinski definition) is 6. The maximum Gasteiger partial charge on any atom is 1.00 e. The van der Waals surface area contributed by atoms with Gasteiger partial charge in [0.05, 0.1) is 9.79 Å². The van der Waals surface area contributed by atoms with E-state index >= 15 is 0 Å². The van der Waals surface area contributed by atoms with E-state index in [9.17, 15) is 25.9 Å². The van der Waals surface area contributed by atoms with Gasteiger partial charge in [0.15, 0.2) is 0 Å². The van der Waals surface area contributed by atoms with Gasteiger partial charge in [-0.3, -0.25) is 0 Å². The van der Waals surface area contributed by atoms with E-state index in [-0.39, 0.29) is 57.3 Å². The molecule has 3 aromatic rings. The Kier molecular flexibility index (Phi) is 11.7. The third-order valence-electron chi connectivity index (χ3n) is 4.26. The summed E-state index contributed by atoms with van der Waals surface area (Å²) in [5.41, 5.74) is 1.41. The van der Waals surface area contributed by atoms with Crippen molar-refractivity contribution in [2.75, 3.05) is 0 Å². The zero-order chi connectivity index (χ0) is 21.4. The molecule has 0 aliphatic heterocycles. The summed E-state index contributed by atoms with van der Waals surface area (Å²) in [6.45, 7) is 3.48. The third-order valence-corrected chi connectivity index (χ3v) is 8.87. The van der Waals surface area contributed by atoms with Crippen LogP contribution in [0.1, 0.15) is 18.6 Å². The predicted octanol–water partition coefficient (Wildman–Crippen LogP) is -0.493. The molecule has 11 heteroatoms. The van der Waals surface area contributed by atoms with E-state index in [0.29, 0.717) is 16.4 Å². The SMILES string of the molecule is C.Cc1ccc(S(=O)(=O)[O-])c(P(c2ccccc2)c2cc(C)ccc2S(=O)(=O)[O-])c1.[Li+].[Pd]. The molecule has 0 unspecified atom stereocenters. The van der Waals surface area contributed by atoms with Crippen LogP contribution in [0, 0.1) is 13.8 Å². The van der Waals surface area contributed by atoms with Crippen LogP contribution in [-0.2, 0) is 40.7 Å². The Hall–Kier alpha value is -0.830. The van der Waals surface area contributed by atoms with Gasteiger partial charge in [0, 0.05) is 31.0 Å². The van der Waals surface area contributed by atoms with Gasteiger partial charge in [0.25, 0.3) is 0 Å². The Balaban J connectivity index is 0.00000320. The van der Waals surface area contributed by atoms with Gasteiger partial charge in [-0.05, 0) is 51.3 Å². The first-order valence-corrected chi connectivity index (χ1v) is 12.6. The summed E-state index contributed by atoms with van der Waals surface area (Å²) >= 11 is 0. The van der Waals surface area contributed by atoms with Crippen molar-refractivity contribution >= 4 is 44.1 Å². The van der Waals surface area contributed by atoms with E-state index in [2.05, 4.69) is 0 Å². The zero-order valence-electron chi connectivity index (χ0n) is 16.9. The largest absolute Gasteiger partial charge is 1.00 e. The van der Waals surface area contributed by atoms with Crippen molar-refractivity contribution in [1.82, 2.24) is 0 Å². The third kappa shape index (κ3) is 7.08. The van der Waals surface area contributed by atoms with Gasteiger partial charge in [0.1, 0.15) is 20.2 Å². The first kappa shape index (κ1) is 31.2. The minimum atomic E-state index is -4.83. The normalized spacial score (nSPS) is 11.2. The van der Waals surface area contributed by atoms with Crippen molar-refractivity contribution in [3.05, 3.63) is 77.9 Å². The van der Waals surface area contributed by atoms with Crippen LogP contribution in [0.2, 0.25) is 0 Å². The van der Waals surface area contributed by atoms with Crippen LogP contribution in [0.15, 0.2) is 76.5 Å². The Morgan fingerprint density at radius 2 is 1.06 bits per heavy atom. The summed E-state index contributed by atoms with van der Waals surface area (Å²) in [4.78, 5) is -0.845. The molecule has 0 bridgehead atoms. The Morgan fingerprint density at radius 1 is 0.688 bits per heavy atom. The van der Waals surface area contributed by atoms with Gasteiger partial charge in [-0.2, -0.15) is 0 Å². The van der Waals surface area contributed by atoms with E-state index in [1.165, 1.54) is 24.3 Å². The molecular formula is C21H21LiO6PPdS2-. The second-order valence-corrected chi connectivity index (χ2v) is 11.4. The van der Waals surface area contributed by atoms with Crippen molar-refractivity contribution in [2.24, 2.45) is 0 Å². The van der Waals surface area contributed by atoms with E-state index < -0.39 is 37.9 Å². The molecule has 0 N–H and O–H groups in total. The quantitative estimate of drug-likeness (QED) is 0.230. The molecule has 6 nitrogen and oxygen atoms in total. The maximum atomic E-state index is 12.0. The fraction of sp³-hybridized carbons (Fsp3) is 0.143. The topological polar surface area (TPSA) is 114 Å². The molecule has 170 valence electrons. The summed E-state index contributed by atoms with van der Waals surface area (Å²) < 4.78 is 71.7. The summed E-state index contributed by atoms with van der Waals surface area (Å²) in [5, 5.41) is 1.00. The van der Waals surface area contributed by atoms with E-state index in [1.54, 1.807) is 56.3 Å². The molecule has 0 heterocycles. The van der Waals surface area contributed by atoms with Crippen molar-refractivity contribution in [1.29, 1.82) is 0 Å². The average molecular weight is 578 g/mol. The molecule has 0 aliphatic rings. The van der Waals surface area contributed by atoms with Crippen LogP contribution in [0.3, 0.4) is 0 Å². The second-order valence-electron chi connectivity index (χ2n) is 6.52. The predicted molar refractivity (Wildman–Crippen MR) is 117 cm³/mol. The number of benzene rings is 3. The minimum absolute atomic E-state index is 0. The fourth-order valence-corrected chi connectivity index (χ4v) is 7.87. The summed E-state index contributed by atoms with van der Waals surface area (Å²) in [7, 11) is -11.5. The van der Waals surface area contributed by atoms with Crippen molar-refractivity contribution in [3.8, 4) is 0 Å². The van der Waals surface area contributed by atoms with Gasteiger partial charge in [-0.1, -0.05) is 61.0 Å². The maximum absolute atomic E-state index is 12.0. The van der Waals surface area contributed by atoms with Gasteiger partial charge < -0.3 is 9.11 Å². The molecule has 3 aromatic carbocycles. The summed E-state index contributed by atoms with van der Waals surface area (Å²) in [6.07, 6.45) is 0. The summed E-state index contributed by atoms with van der Waals surface area (Å²) in [6, 6.07) is 17.3. The zero-order valence-corrected chi connectivity index (χ0v) is 21.0. The number of aryl methyl sites for hydroxylation is 2. The molecule has 0 spiro atoms. The minimum Gasteiger partial charge on any atom is -0.744 e. The van der Waals surface area contributed by atoms with Crippen LogP contribution < -0.4 is 34.8 Å². The van der Waals surface area contributed by atoms with Gasteiger partial charge >= 0.3 is 18.9 Å². The molecule has 0 fully saturated rings. The van der Waals surface area contributed by atoms with E-state index in [0.717, 1.165) is 0 Å². The van der Waals surface area contributed by atoms with Gasteiger partial charge in [-0.15, -0.1) is 0 Å². The molecule has 0 aromatic heterocycles. The summed E-state index contributed by atoms with van der Waals surface area (Å²) in [5.74, 6) is 0. The first-order valence-electron chi connectivity index (χ1n) is 8.47. The van der Waals surface area contributed by atoms with Crippen LogP contribution >= 0.6 is 7.92 Å². The van der Waals surface area contributed by atoms with Gasteiger partial charge in [0.2, 0.25) is 0 Å². The molecule has 0 saturated carbocycles. The Morgan fingerprint density at radius 3 is 1.41 bits per heavy atom. The Labute approximate surface area is 216 Å². The van der Waals surface area contributed by atoms with E-state index in [4.69, 9.17) is 0 Å². The van der Waals surface area contributed by atoms with Crippen molar-refractivity contribution in [3.63, 3.8) is 0 Å². The van der Waals surface area contributed by atoms with Crippen molar-refractivity contribution < 1.29 is 65.2 Å². The number of hydrogen-bond donors (Lipinski definition) is 0. The van der Waals surface area contributed by atoms with Crippen LogP contribution in [-0.4, -0.2) is 25.9 Å². The molecule has 3 rings (SSSR count). The smallest absolute Gasteiger partial charge is 0.744 e.